The number of aryl methyl sites for hydroxylation is 4. The third-order valence-electron chi connectivity index (χ3n) is 3.58. The fraction of sp³-hybridized carbons (Fsp3) is 0.467. The Bertz CT molecular complexity index is 542. The molecule has 1 atom stereocenters. The predicted octanol–water partition coefficient (Wildman–Crippen LogP) is 5.79. The highest BCUT2D eigenvalue weighted by Gasteiger charge is 2.21. The van der Waals surface area contributed by atoms with Crippen LogP contribution in [0.3, 0.4) is 0 Å². The van der Waals surface area contributed by atoms with Crippen molar-refractivity contribution in [3.63, 3.8) is 0 Å². The van der Waals surface area contributed by atoms with Gasteiger partial charge in [-0.2, -0.15) is 0 Å². The normalized spacial score (nSPS) is 16.6. The maximum atomic E-state index is 3.91. The molecule has 0 bridgehead atoms. The number of halogens is 1. The van der Waals surface area contributed by atoms with E-state index in [-0.39, 0.29) is 0 Å². The molecule has 3 rings (SSSR count). The van der Waals surface area contributed by atoms with Crippen LogP contribution in [0.15, 0.2) is 12.1 Å². The molecule has 1 aliphatic carbocycles. The first kappa shape index (κ1) is 12.9. The predicted molar refractivity (Wildman–Crippen MR) is 85.5 cm³/mol. The van der Waals surface area contributed by atoms with Crippen LogP contribution >= 0.6 is 38.6 Å². The van der Waals surface area contributed by atoms with E-state index in [0.717, 1.165) is 0 Å². The molecule has 0 fully saturated rings. The van der Waals surface area contributed by atoms with E-state index in [1.807, 2.05) is 22.7 Å². The van der Waals surface area contributed by atoms with E-state index in [2.05, 4.69) is 41.9 Å². The summed E-state index contributed by atoms with van der Waals surface area (Å²) < 4.78 is 0. The van der Waals surface area contributed by atoms with Gasteiger partial charge in [0.1, 0.15) is 0 Å². The highest BCUT2D eigenvalue weighted by atomic mass is 79.9. The summed E-state index contributed by atoms with van der Waals surface area (Å²) in [6.45, 7) is 4.42. The van der Waals surface area contributed by atoms with Gasteiger partial charge in [0.15, 0.2) is 0 Å². The molecule has 0 amide bonds. The lowest BCUT2D eigenvalue weighted by Crippen LogP contribution is -1.96. The van der Waals surface area contributed by atoms with Crippen LogP contribution in [0, 0.1) is 13.8 Å². The molecule has 1 unspecified atom stereocenters. The van der Waals surface area contributed by atoms with E-state index in [1.54, 1.807) is 10.4 Å². The maximum Gasteiger partial charge on any atom is 0.0833 e. The Kier molecular flexibility index (Phi) is 3.65. The number of rotatable bonds is 2. The minimum atomic E-state index is 0.395. The van der Waals surface area contributed by atoms with Crippen molar-refractivity contribution in [1.29, 1.82) is 0 Å². The average Bonchev–Trinajstić information content (AvgIpc) is 2.91. The molecule has 0 radical (unpaired) electrons. The molecular weight excluding hydrogens is 324 g/mol. The second-order valence-electron chi connectivity index (χ2n) is 5.07. The van der Waals surface area contributed by atoms with Crippen LogP contribution < -0.4 is 0 Å². The largest absolute Gasteiger partial charge is 0.144 e. The van der Waals surface area contributed by atoms with E-state index in [9.17, 15) is 0 Å². The van der Waals surface area contributed by atoms with Gasteiger partial charge in [-0.3, -0.25) is 0 Å². The Morgan fingerprint density at radius 1 is 1.11 bits per heavy atom. The average molecular weight is 341 g/mol. The number of fused-ring (bicyclic) bond motifs is 1. The van der Waals surface area contributed by atoms with Crippen LogP contribution in [0.1, 0.15) is 48.3 Å². The Morgan fingerprint density at radius 3 is 2.56 bits per heavy atom. The van der Waals surface area contributed by atoms with Crippen molar-refractivity contribution in [3.05, 3.63) is 42.8 Å². The summed E-state index contributed by atoms with van der Waals surface area (Å²) in [4.78, 5) is 6.41. The first-order valence-electron chi connectivity index (χ1n) is 6.47. The summed E-state index contributed by atoms with van der Waals surface area (Å²) in [5.74, 6) is 0. The summed E-state index contributed by atoms with van der Waals surface area (Å²) >= 11 is 7.84. The monoisotopic (exact) mass is 340 g/mol. The molecule has 0 nitrogen and oxygen atoms in total. The third kappa shape index (κ3) is 2.33. The van der Waals surface area contributed by atoms with Crippen LogP contribution in [0.5, 0.6) is 0 Å². The molecular formula is C15H17BrS2. The molecule has 0 saturated carbocycles. The van der Waals surface area contributed by atoms with Crippen LogP contribution in [-0.2, 0) is 12.8 Å². The summed E-state index contributed by atoms with van der Waals surface area (Å²) in [5.41, 5.74) is 3.03. The molecule has 2 aromatic rings. The Balaban J connectivity index is 1.94. The third-order valence-corrected chi connectivity index (χ3v) is 7.65. The second kappa shape index (κ2) is 5.10. The van der Waals surface area contributed by atoms with Gasteiger partial charge in [0.2, 0.25) is 0 Å². The van der Waals surface area contributed by atoms with Crippen molar-refractivity contribution in [3.8, 4) is 0 Å². The van der Waals surface area contributed by atoms with Gasteiger partial charge < -0.3 is 0 Å². The first-order chi connectivity index (χ1) is 8.65. The smallest absolute Gasteiger partial charge is 0.0833 e. The molecule has 0 spiro atoms. The van der Waals surface area contributed by atoms with Gasteiger partial charge in [-0.1, -0.05) is 15.9 Å². The quantitative estimate of drug-likeness (QED) is 0.607. The minimum absolute atomic E-state index is 0.395. The van der Waals surface area contributed by atoms with Gasteiger partial charge in [0.25, 0.3) is 0 Å². The molecule has 2 heterocycles. The van der Waals surface area contributed by atoms with Gasteiger partial charge in [0, 0.05) is 19.5 Å². The van der Waals surface area contributed by atoms with Crippen molar-refractivity contribution in [2.75, 3.05) is 0 Å². The molecule has 0 aromatic carbocycles. The standard InChI is InChI=1S/C15H17BrS2/c1-9-7-10(2)17-15(9)14(16)13-8-11-5-3-4-6-12(11)18-13/h7-8,14H,3-6H2,1-2H3. The molecule has 1 aliphatic rings. The summed E-state index contributed by atoms with van der Waals surface area (Å²) in [6, 6.07) is 4.73. The van der Waals surface area contributed by atoms with Crippen molar-refractivity contribution in [1.82, 2.24) is 0 Å². The Morgan fingerprint density at radius 2 is 1.89 bits per heavy atom. The summed E-state index contributed by atoms with van der Waals surface area (Å²) in [6.07, 6.45) is 5.32. The fourth-order valence-electron chi connectivity index (χ4n) is 2.68. The number of hydrogen-bond donors (Lipinski definition) is 0. The Hall–Kier alpha value is -0.120. The van der Waals surface area contributed by atoms with Crippen LogP contribution in [0.4, 0.5) is 0 Å². The molecule has 0 saturated heterocycles. The van der Waals surface area contributed by atoms with Gasteiger partial charge in [-0.05, 0) is 62.8 Å². The van der Waals surface area contributed by atoms with Gasteiger partial charge in [0.05, 0.1) is 4.83 Å². The molecule has 0 aliphatic heterocycles. The van der Waals surface area contributed by atoms with Crippen molar-refractivity contribution in [2.45, 2.75) is 44.4 Å². The lowest BCUT2D eigenvalue weighted by atomic mass is 9.99. The van der Waals surface area contributed by atoms with Crippen molar-refractivity contribution >= 4 is 38.6 Å². The Labute approximate surface area is 125 Å². The number of alkyl halides is 1. The zero-order valence-electron chi connectivity index (χ0n) is 10.8. The lowest BCUT2D eigenvalue weighted by molar-refractivity contribution is 0.697. The zero-order chi connectivity index (χ0) is 12.7. The van der Waals surface area contributed by atoms with Crippen molar-refractivity contribution < 1.29 is 0 Å². The molecule has 18 heavy (non-hydrogen) atoms. The van der Waals surface area contributed by atoms with E-state index in [1.165, 1.54) is 45.9 Å². The van der Waals surface area contributed by atoms with Crippen molar-refractivity contribution in [2.24, 2.45) is 0 Å². The topological polar surface area (TPSA) is 0 Å². The summed E-state index contributed by atoms with van der Waals surface area (Å²) in [7, 11) is 0. The van der Waals surface area contributed by atoms with E-state index in [0.29, 0.717) is 4.83 Å². The van der Waals surface area contributed by atoms with Gasteiger partial charge >= 0.3 is 0 Å². The van der Waals surface area contributed by atoms with Crippen LogP contribution in [0.25, 0.3) is 0 Å². The van der Waals surface area contributed by atoms with Crippen LogP contribution in [0.2, 0.25) is 0 Å². The molecule has 3 heteroatoms. The van der Waals surface area contributed by atoms with Gasteiger partial charge in [-0.15, -0.1) is 22.7 Å². The summed E-state index contributed by atoms with van der Waals surface area (Å²) in [5, 5.41) is 0. The highest BCUT2D eigenvalue weighted by molar-refractivity contribution is 9.09. The maximum absolute atomic E-state index is 3.91. The lowest BCUT2D eigenvalue weighted by Gasteiger charge is -2.08. The van der Waals surface area contributed by atoms with E-state index in [4.69, 9.17) is 0 Å². The molecule has 2 aromatic heterocycles. The van der Waals surface area contributed by atoms with E-state index < -0.39 is 0 Å². The number of thiophene rings is 2. The van der Waals surface area contributed by atoms with Gasteiger partial charge in [-0.25, -0.2) is 0 Å². The zero-order valence-corrected chi connectivity index (χ0v) is 14.0. The number of hydrogen-bond acceptors (Lipinski definition) is 2. The van der Waals surface area contributed by atoms with E-state index >= 15 is 0 Å². The first-order valence-corrected chi connectivity index (χ1v) is 9.02. The SMILES string of the molecule is Cc1cc(C)c(C(Br)c2cc3c(s2)CCCC3)s1. The fourth-order valence-corrected chi connectivity index (χ4v) is 6.09. The molecule has 0 N–H and O–H groups in total. The van der Waals surface area contributed by atoms with Crippen LogP contribution in [-0.4, -0.2) is 0 Å². The minimum Gasteiger partial charge on any atom is -0.144 e. The highest BCUT2D eigenvalue weighted by Crippen LogP contribution is 2.43. The second-order valence-corrected chi connectivity index (χ2v) is 8.44. The molecule has 96 valence electrons.